The van der Waals surface area contributed by atoms with E-state index in [1.807, 2.05) is 20.8 Å². The highest BCUT2D eigenvalue weighted by molar-refractivity contribution is 6.32. The molecule has 6 heteroatoms. The summed E-state index contributed by atoms with van der Waals surface area (Å²) in [7, 11) is 0. The van der Waals surface area contributed by atoms with Gasteiger partial charge in [0.25, 0.3) is 0 Å². The van der Waals surface area contributed by atoms with Crippen LogP contribution in [0.4, 0.5) is 13.2 Å². The fourth-order valence-electron chi connectivity index (χ4n) is 1.42. The molecule has 0 spiro atoms. The van der Waals surface area contributed by atoms with Gasteiger partial charge >= 0.3 is 6.36 Å². The van der Waals surface area contributed by atoms with E-state index in [1.165, 1.54) is 18.2 Å². The second-order valence-corrected chi connectivity index (χ2v) is 5.49. The van der Waals surface area contributed by atoms with Crippen LogP contribution in [-0.4, -0.2) is 6.36 Å². The highest BCUT2D eigenvalue weighted by atomic mass is 35.5. The normalized spacial score (nSPS) is 14.4. The van der Waals surface area contributed by atoms with Gasteiger partial charge in [-0.15, -0.1) is 13.2 Å². The van der Waals surface area contributed by atoms with Crippen LogP contribution in [0.15, 0.2) is 18.2 Å². The van der Waals surface area contributed by atoms with Gasteiger partial charge in [0, 0.05) is 6.04 Å². The summed E-state index contributed by atoms with van der Waals surface area (Å²) in [5, 5.41) is -0.107. The van der Waals surface area contributed by atoms with Crippen LogP contribution in [0.3, 0.4) is 0 Å². The number of hydrogen-bond acceptors (Lipinski definition) is 2. The molecule has 0 heterocycles. The van der Waals surface area contributed by atoms with Crippen molar-refractivity contribution in [3.63, 3.8) is 0 Å². The first-order valence-corrected chi connectivity index (χ1v) is 5.69. The van der Waals surface area contributed by atoms with Crippen molar-refractivity contribution >= 4 is 11.6 Å². The molecule has 102 valence electrons. The Morgan fingerprint density at radius 2 is 1.78 bits per heavy atom. The molecule has 1 atom stereocenters. The topological polar surface area (TPSA) is 35.2 Å². The highest BCUT2D eigenvalue weighted by Crippen LogP contribution is 2.36. The first-order valence-electron chi connectivity index (χ1n) is 5.31. The Morgan fingerprint density at radius 3 is 2.17 bits per heavy atom. The van der Waals surface area contributed by atoms with Crippen molar-refractivity contribution in [1.29, 1.82) is 0 Å². The molecule has 1 aromatic carbocycles. The van der Waals surface area contributed by atoms with Crippen LogP contribution in [0.2, 0.25) is 5.02 Å². The number of ether oxygens (including phenoxy) is 1. The van der Waals surface area contributed by atoms with Crippen LogP contribution in [0.1, 0.15) is 32.4 Å². The average molecular weight is 282 g/mol. The maximum absolute atomic E-state index is 12.1. The van der Waals surface area contributed by atoms with Gasteiger partial charge in [0.15, 0.2) is 0 Å². The Labute approximate surface area is 109 Å². The summed E-state index contributed by atoms with van der Waals surface area (Å²) < 4.78 is 40.0. The summed E-state index contributed by atoms with van der Waals surface area (Å²) in [5.41, 5.74) is 6.45. The van der Waals surface area contributed by atoms with Gasteiger partial charge in [-0.05, 0) is 23.1 Å². The quantitative estimate of drug-likeness (QED) is 0.878. The SMILES string of the molecule is CC(C)(C)[C@@H](N)c1ccc(OC(F)(F)F)c(Cl)c1. The number of nitrogens with two attached hydrogens (primary N) is 1. The zero-order valence-electron chi connectivity index (χ0n) is 10.3. The maximum atomic E-state index is 12.1. The minimum absolute atomic E-state index is 0.107. The molecule has 0 amide bonds. The first-order chi connectivity index (χ1) is 8.00. The average Bonchev–Trinajstić information content (AvgIpc) is 2.16. The second kappa shape index (κ2) is 4.97. The molecule has 0 bridgehead atoms. The van der Waals surface area contributed by atoms with E-state index >= 15 is 0 Å². The van der Waals surface area contributed by atoms with Crippen molar-refractivity contribution < 1.29 is 17.9 Å². The molecule has 0 radical (unpaired) electrons. The predicted molar refractivity (Wildman–Crippen MR) is 64.5 cm³/mol. The van der Waals surface area contributed by atoms with Crippen LogP contribution in [0, 0.1) is 5.41 Å². The molecule has 0 aliphatic carbocycles. The van der Waals surface area contributed by atoms with Gasteiger partial charge < -0.3 is 10.5 Å². The minimum atomic E-state index is -4.75. The standard InChI is InChI=1S/C12H15ClF3NO/c1-11(2,3)10(17)7-4-5-9(8(13)6-7)18-12(14,15)16/h4-6,10H,17H2,1-3H3/t10-/m0/s1. The number of benzene rings is 1. The third-order valence-corrected chi connectivity index (χ3v) is 2.77. The van der Waals surface area contributed by atoms with Crippen LogP contribution in [0.5, 0.6) is 5.75 Å². The largest absolute Gasteiger partial charge is 0.573 e. The Balaban J connectivity index is 3.00. The van der Waals surface area contributed by atoms with Crippen LogP contribution >= 0.6 is 11.6 Å². The number of rotatable bonds is 2. The number of alkyl halides is 3. The van der Waals surface area contributed by atoms with Gasteiger partial charge in [-0.1, -0.05) is 38.4 Å². The van der Waals surface area contributed by atoms with Crippen molar-refractivity contribution in [2.75, 3.05) is 0 Å². The molecule has 1 aromatic rings. The summed E-state index contributed by atoms with van der Waals surface area (Å²) in [5.74, 6) is -0.422. The molecule has 2 nitrogen and oxygen atoms in total. The van der Waals surface area contributed by atoms with Crippen molar-refractivity contribution in [3.05, 3.63) is 28.8 Å². The lowest BCUT2D eigenvalue weighted by Gasteiger charge is -2.27. The van der Waals surface area contributed by atoms with Gasteiger partial charge in [-0.25, -0.2) is 0 Å². The zero-order chi connectivity index (χ0) is 14.1. The van der Waals surface area contributed by atoms with E-state index < -0.39 is 12.1 Å². The maximum Gasteiger partial charge on any atom is 0.573 e. The Bertz CT molecular complexity index is 426. The van der Waals surface area contributed by atoms with Gasteiger partial charge in [-0.2, -0.15) is 0 Å². The smallest absolute Gasteiger partial charge is 0.404 e. The van der Waals surface area contributed by atoms with Crippen molar-refractivity contribution in [2.24, 2.45) is 11.1 Å². The van der Waals surface area contributed by atoms with Gasteiger partial charge in [-0.3, -0.25) is 0 Å². The van der Waals surface area contributed by atoms with E-state index in [-0.39, 0.29) is 16.5 Å². The molecule has 0 aliphatic rings. The Kier molecular flexibility index (Phi) is 4.18. The van der Waals surface area contributed by atoms with E-state index in [9.17, 15) is 13.2 Å². The minimum Gasteiger partial charge on any atom is -0.404 e. The van der Waals surface area contributed by atoms with Crippen molar-refractivity contribution in [2.45, 2.75) is 33.2 Å². The summed E-state index contributed by atoms with van der Waals surface area (Å²) in [4.78, 5) is 0. The van der Waals surface area contributed by atoms with E-state index in [0.29, 0.717) is 5.56 Å². The molecule has 2 N–H and O–H groups in total. The third-order valence-electron chi connectivity index (χ3n) is 2.47. The van der Waals surface area contributed by atoms with Gasteiger partial charge in [0.2, 0.25) is 0 Å². The molecule has 18 heavy (non-hydrogen) atoms. The lowest BCUT2D eigenvalue weighted by Crippen LogP contribution is -2.26. The van der Waals surface area contributed by atoms with E-state index in [2.05, 4.69) is 4.74 Å². The summed E-state index contributed by atoms with van der Waals surface area (Å²) in [6, 6.07) is 3.74. The van der Waals surface area contributed by atoms with E-state index in [4.69, 9.17) is 17.3 Å². The Morgan fingerprint density at radius 1 is 1.22 bits per heavy atom. The fourth-order valence-corrected chi connectivity index (χ4v) is 1.65. The van der Waals surface area contributed by atoms with Gasteiger partial charge in [0.05, 0.1) is 5.02 Å². The molecule has 0 fully saturated rings. The predicted octanol–water partition coefficient (Wildman–Crippen LogP) is 4.28. The first kappa shape index (κ1) is 15.1. The summed E-state index contributed by atoms with van der Waals surface area (Å²) in [6.45, 7) is 5.81. The molecule has 0 saturated heterocycles. The fraction of sp³-hybridized carbons (Fsp3) is 0.500. The summed E-state index contributed by atoms with van der Waals surface area (Å²) in [6.07, 6.45) is -4.75. The number of hydrogen-bond donors (Lipinski definition) is 1. The third kappa shape index (κ3) is 4.07. The monoisotopic (exact) mass is 281 g/mol. The van der Waals surface area contributed by atoms with Crippen molar-refractivity contribution in [1.82, 2.24) is 0 Å². The Hall–Kier alpha value is -0.940. The second-order valence-electron chi connectivity index (χ2n) is 5.08. The highest BCUT2D eigenvalue weighted by Gasteiger charge is 2.32. The van der Waals surface area contributed by atoms with Crippen LogP contribution in [-0.2, 0) is 0 Å². The molecule has 0 aliphatic heterocycles. The van der Waals surface area contributed by atoms with Crippen molar-refractivity contribution in [3.8, 4) is 5.75 Å². The number of halogens is 4. The molecular weight excluding hydrogens is 267 g/mol. The van der Waals surface area contributed by atoms with E-state index in [0.717, 1.165) is 0 Å². The lowest BCUT2D eigenvalue weighted by molar-refractivity contribution is -0.274. The van der Waals surface area contributed by atoms with Gasteiger partial charge in [0.1, 0.15) is 5.75 Å². The molecular formula is C12H15ClF3NO. The molecule has 0 unspecified atom stereocenters. The molecule has 1 rings (SSSR count). The summed E-state index contributed by atoms with van der Waals surface area (Å²) >= 11 is 5.75. The molecule has 0 saturated carbocycles. The van der Waals surface area contributed by atoms with Crippen LogP contribution in [0.25, 0.3) is 0 Å². The van der Waals surface area contributed by atoms with E-state index in [1.54, 1.807) is 0 Å². The lowest BCUT2D eigenvalue weighted by atomic mass is 9.83. The zero-order valence-corrected chi connectivity index (χ0v) is 11.1. The molecule has 0 aromatic heterocycles. The van der Waals surface area contributed by atoms with Crippen LogP contribution < -0.4 is 10.5 Å².